The lowest BCUT2D eigenvalue weighted by Crippen LogP contribution is -2.30. The number of nitrogens with zero attached hydrogens (tertiary/aromatic N) is 7. The zero-order valence-corrected chi connectivity index (χ0v) is 22.3. The fraction of sp³-hybridized carbons (Fsp3) is 0.520. The van der Waals surface area contributed by atoms with Crippen LogP contribution in [0.5, 0.6) is 0 Å². The summed E-state index contributed by atoms with van der Waals surface area (Å²) in [6.07, 6.45) is 4.93. The number of hydrogen-bond acceptors (Lipinski definition) is 9. The number of nitrogens with one attached hydrogen (secondary N) is 1. The molecule has 0 radical (unpaired) electrons. The first-order chi connectivity index (χ1) is 18.6. The summed E-state index contributed by atoms with van der Waals surface area (Å²) in [5, 5.41) is 17.7. The maximum absolute atomic E-state index is 13.7. The molecule has 1 aromatic carbocycles. The van der Waals surface area contributed by atoms with Gasteiger partial charge in [-0.1, -0.05) is 5.21 Å². The van der Waals surface area contributed by atoms with Crippen molar-refractivity contribution in [2.75, 3.05) is 53.1 Å². The molecule has 4 heterocycles. The molecule has 3 fully saturated rings. The monoisotopic (exact) mass is 560 g/mol. The van der Waals surface area contributed by atoms with E-state index in [1.54, 1.807) is 40.0 Å². The first-order valence-corrected chi connectivity index (χ1v) is 14.7. The van der Waals surface area contributed by atoms with Crippen molar-refractivity contribution in [2.45, 2.75) is 32.1 Å². The van der Waals surface area contributed by atoms with Crippen LogP contribution in [-0.4, -0.2) is 82.9 Å². The van der Waals surface area contributed by atoms with Gasteiger partial charge in [0.15, 0.2) is 0 Å². The van der Waals surface area contributed by atoms with Crippen molar-refractivity contribution in [2.24, 2.45) is 11.8 Å². The molecule has 1 saturated carbocycles. The number of hydrogen-bond donors (Lipinski definition) is 2. The minimum Gasteiger partial charge on any atom is -0.395 e. The molecule has 2 saturated heterocycles. The molecule has 1 aliphatic carbocycles. The summed E-state index contributed by atoms with van der Waals surface area (Å²) in [6, 6.07) is 7.00. The zero-order chi connectivity index (χ0) is 27.4. The lowest BCUT2D eigenvalue weighted by molar-refractivity contribution is 0.0796. The van der Waals surface area contributed by atoms with Gasteiger partial charge in [-0.2, -0.15) is 0 Å². The minimum atomic E-state index is -3.68. The van der Waals surface area contributed by atoms with E-state index in [0.29, 0.717) is 28.7 Å². The minimum absolute atomic E-state index is 0.237. The van der Waals surface area contributed by atoms with Gasteiger partial charge < -0.3 is 14.9 Å². The summed E-state index contributed by atoms with van der Waals surface area (Å²) >= 11 is 0. The number of fused-ring (bicyclic) bond motifs is 1. The molecule has 2 N–H and O–H groups in total. The number of aliphatic hydroxyl groups excluding tert-OH is 1. The number of piperidine rings is 2. The van der Waals surface area contributed by atoms with E-state index in [1.165, 1.54) is 0 Å². The van der Waals surface area contributed by atoms with Gasteiger partial charge in [0.2, 0.25) is 16.0 Å². The number of rotatable bonds is 8. The van der Waals surface area contributed by atoms with E-state index >= 15 is 0 Å². The molecule has 2 aliphatic heterocycles. The smallest absolute Gasteiger partial charge is 0.258 e. The van der Waals surface area contributed by atoms with Gasteiger partial charge in [0.05, 0.1) is 53.1 Å². The van der Waals surface area contributed by atoms with Crippen molar-refractivity contribution in [1.29, 1.82) is 0 Å². The first kappa shape index (κ1) is 25.9. The van der Waals surface area contributed by atoms with E-state index in [9.17, 15) is 17.2 Å². The predicted molar refractivity (Wildman–Crippen MR) is 142 cm³/mol. The molecule has 2 atom stereocenters. The average molecular weight is 561 g/mol. The second kappa shape index (κ2) is 9.66. The van der Waals surface area contributed by atoms with Crippen molar-refractivity contribution < 1.29 is 22.3 Å². The van der Waals surface area contributed by atoms with E-state index in [4.69, 9.17) is 5.11 Å². The second-order valence-corrected chi connectivity index (χ2v) is 12.3. The van der Waals surface area contributed by atoms with Gasteiger partial charge >= 0.3 is 0 Å². The first-order valence-electron chi connectivity index (χ1n) is 13.1. The molecule has 2 aromatic heterocycles. The van der Waals surface area contributed by atoms with Crippen LogP contribution in [-0.2, 0) is 10.0 Å². The van der Waals surface area contributed by atoms with Crippen LogP contribution in [0.3, 0.4) is 0 Å². The Kier molecular flexibility index (Phi) is 6.41. The molecular formula is C25H30F2N8O3S. The summed E-state index contributed by atoms with van der Waals surface area (Å²) < 4.78 is 56.0. The van der Waals surface area contributed by atoms with Crippen LogP contribution in [0.1, 0.15) is 25.0 Å². The van der Waals surface area contributed by atoms with Gasteiger partial charge in [0.1, 0.15) is 5.69 Å². The maximum Gasteiger partial charge on any atom is 0.258 e. The highest BCUT2D eigenvalue weighted by atomic mass is 32.2. The summed E-state index contributed by atoms with van der Waals surface area (Å²) in [7, 11) is -3.68. The van der Waals surface area contributed by atoms with Crippen LogP contribution in [0.15, 0.2) is 30.5 Å². The van der Waals surface area contributed by atoms with Crippen LogP contribution in [0, 0.1) is 18.8 Å². The number of aliphatic hydroxyl groups is 1. The van der Waals surface area contributed by atoms with E-state index in [1.807, 2.05) is 6.92 Å². The molecule has 3 aliphatic rings. The Hall–Kier alpha value is -3.39. The molecule has 0 bridgehead atoms. The molecule has 39 heavy (non-hydrogen) atoms. The molecular weight excluding hydrogens is 530 g/mol. The Morgan fingerprint density at radius 2 is 1.77 bits per heavy atom. The van der Waals surface area contributed by atoms with Crippen molar-refractivity contribution in [1.82, 2.24) is 25.0 Å². The van der Waals surface area contributed by atoms with Crippen molar-refractivity contribution in [3.63, 3.8) is 0 Å². The normalized spacial score (nSPS) is 22.2. The Bertz CT molecular complexity index is 1480. The number of sulfonamides is 1. The number of alkyl halides is 2. The van der Waals surface area contributed by atoms with Gasteiger partial charge in [-0.3, -0.25) is 4.72 Å². The lowest BCUT2D eigenvalue weighted by Gasteiger charge is -2.30. The van der Waals surface area contributed by atoms with Gasteiger partial charge in [-0.15, -0.1) is 5.10 Å². The molecule has 0 spiro atoms. The van der Waals surface area contributed by atoms with Crippen molar-refractivity contribution in [3.8, 4) is 17.1 Å². The fourth-order valence-corrected chi connectivity index (χ4v) is 6.34. The van der Waals surface area contributed by atoms with Crippen molar-refractivity contribution in [3.05, 3.63) is 36.2 Å². The summed E-state index contributed by atoms with van der Waals surface area (Å²) in [5.41, 5.74) is 3.70. The van der Waals surface area contributed by atoms with E-state index in [-0.39, 0.29) is 18.8 Å². The molecule has 3 aromatic rings. The van der Waals surface area contributed by atoms with Gasteiger partial charge in [-0.25, -0.2) is 31.8 Å². The highest BCUT2D eigenvalue weighted by molar-refractivity contribution is 7.92. The quantitative estimate of drug-likeness (QED) is 0.427. The highest BCUT2D eigenvalue weighted by Crippen LogP contribution is 2.59. The molecule has 14 heteroatoms. The number of aryl methyl sites for hydroxylation is 1. The topological polar surface area (TPSA) is 129 Å². The van der Waals surface area contributed by atoms with E-state index in [0.717, 1.165) is 43.7 Å². The van der Waals surface area contributed by atoms with Gasteiger partial charge in [0, 0.05) is 31.9 Å². The third-order valence-corrected chi connectivity index (χ3v) is 8.90. The van der Waals surface area contributed by atoms with E-state index in [2.05, 4.69) is 29.9 Å². The number of benzene rings is 1. The van der Waals surface area contributed by atoms with Crippen LogP contribution in [0.2, 0.25) is 0 Å². The van der Waals surface area contributed by atoms with Crippen LogP contribution in [0.4, 0.5) is 26.1 Å². The Morgan fingerprint density at radius 1 is 1.03 bits per heavy atom. The SMILES string of the molecule is Cc1cc(-c2cn(-c3ccc(NS(=O)(=O)CCO)cc3N3CCCCC3)nn2)nc(N2CC3C(C2)C3(F)F)n1. The fourth-order valence-electron chi connectivity index (χ4n) is 5.52. The molecule has 0 amide bonds. The second-order valence-electron chi connectivity index (χ2n) is 10.4. The summed E-state index contributed by atoms with van der Waals surface area (Å²) in [6.45, 7) is 3.49. The van der Waals surface area contributed by atoms with Crippen LogP contribution < -0.4 is 14.5 Å². The highest BCUT2D eigenvalue weighted by Gasteiger charge is 2.72. The average Bonchev–Trinajstić information content (AvgIpc) is 3.36. The Labute approximate surface area is 224 Å². The lowest BCUT2D eigenvalue weighted by atomic mass is 10.1. The summed E-state index contributed by atoms with van der Waals surface area (Å²) in [5.74, 6) is -3.81. The van der Waals surface area contributed by atoms with Crippen molar-refractivity contribution >= 4 is 27.3 Å². The molecule has 2 unspecified atom stereocenters. The zero-order valence-electron chi connectivity index (χ0n) is 21.5. The molecule has 11 nitrogen and oxygen atoms in total. The number of halogens is 2. The molecule has 208 valence electrons. The Balaban J connectivity index is 1.30. The third-order valence-electron chi connectivity index (χ3n) is 7.63. The number of anilines is 3. The van der Waals surface area contributed by atoms with Gasteiger partial charge in [-0.05, 0) is 50.5 Å². The van der Waals surface area contributed by atoms with E-state index < -0.39 is 34.4 Å². The largest absolute Gasteiger partial charge is 0.395 e. The van der Waals surface area contributed by atoms with Gasteiger partial charge in [0.25, 0.3) is 5.92 Å². The van der Waals surface area contributed by atoms with Crippen LogP contribution >= 0.6 is 0 Å². The molecule has 6 rings (SSSR count). The number of aromatic nitrogens is 5. The summed E-state index contributed by atoms with van der Waals surface area (Å²) in [4.78, 5) is 13.1. The van der Waals surface area contributed by atoms with Crippen LogP contribution in [0.25, 0.3) is 17.1 Å². The third kappa shape index (κ3) is 5.02. The predicted octanol–water partition coefficient (Wildman–Crippen LogP) is 2.46. The maximum atomic E-state index is 13.7. The Morgan fingerprint density at radius 3 is 2.49 bits per heavy atom. The standard InChI is InChI=1S/C25H30F2N8O3S/c1-16-11-20(29-24(28-16)34-13-18-19(14-34)25(18,26)27)21-15-35(32-30-21)22-6-5-17(31-39(37,38)10-9-36)12-23(22)33-7-3-2-4-8-33/h5-6,11-12,15,18-19,31,36H,2-4,7-10,13-14H2,1H3.